The molecule has 0 spiro atoms. The standard InChI is InChI=1S/C4H12OSi.C2H4.CH4/c1-5-6(2,3)4;1-2;/h1-4H3;1-2H2;1H4. The Labute approximate surface area is 60.9 Å². The highest BCUT2D eigenvalue weighted by molar-refractivity contribution is 6.69. The molecule has 0 amide bonds. The summed E-state index contributed by atoms with van der Waals surface area (Å²) in [5.41, 5.74) is 0. The van der Waals surface area contributed by atoms with Crippen molar-refractivity contribution in [3.63, 3.8) is 0 Å². The van der Waals surface area contributed by atoms with E-state index in [0.717, 1.165) is 0 Å². The Morgan fingerprint density at radius 2 is 1.22 bits per heavy atom. The van der Waals surface area contributed by atoms with E-state index in [9.17, 15) is 0 Å². The summed E-state index contributed by atoms with van der Waals surface area (Å²) in [6.07, 6.45) is 0. The van der Waals surface area contributed by atoms with Gasteiger partial charge in [0.05, 0.1) is 0 Å². The summed E-state index contributed by atoms with van der Waals surface area (Å²) in [5.74, 6) is 0. The van der Waals surface area contributed by atoms with Crippen LogP contribution in [0.2, 0.25) is 19.6 Å². The molecular weight excluding hydrogens is 128 g/mol. The number of hydrogen-bond acceptors (Lipinski definition) is 1. The molecule has 58 valence electrons. The molecule has 0 bridgehead atoms. The Balaban J connectivity index is -0.000000109. The SMILES string of the molecule is C.C=C.CO[Si](C)(C)C. The van der Waals surface area contributed by atoms with Gasteiger partial charge in [0.1, 0.15) is 0 Å². The van der Waals surface area contributed by atoms with Gasteiger partial charge in [0.15, 0.2) is 8.32 Å². The zero-order valence-corrected chi connectivity index (χ0v) is 7.32. The zero-order chi connectivity index (χ0) is 7.21. The van der Waals surface area contributed by atoms with Gasteiger partial charge in [-0.25, -0.2) is 0 Å². The Bertz CT molecular complexity index is 47.4. The maximum Gasteiger partial charge on any atom is 0.183 e. The molecule has 0 aliphatic carbocycles. The van der Waals surface area contributed by atoms with Crippen molar-refractivity contribution in [3.8, 4) is 0 Å². The molecule has 0 heterocycles. The summed E-state index contributed by atoms with van der Waals surface area (Å²) in [6.45, 7) is 12.5. The van der Waals surface area contributed by atoms with E-state index in [-0.39, 0.29) is 7.43 Å². The lowest BCUT2D eigenvalue weighted by molar-refractivity contribution is 0.411. The quantitative estimate of drug-likeness (QED) is 0.410. The van der Waals surface area contributed by atoms with Crippen molar-refractivity contribution in [2.24, 2.45) is 0 Å². The average molecular weight is 148 g/mol. The van der Waals surface area contributed by atoms with Crippen LogP contribution >= 0.6 is 0 Å². The predicted molar refractivity (Wildman–Crippen MR) is 48.3 cm³/mol. The second-order valence-corrected chi connectivity index (χ2v) is 6.95. The van der Waals surface area contributed by atoms with Crippen LogP contribution in [0, 0.1) is 0 Å². The Kier molecular flexibility index (Phi) is 14.0. The van der Waals surface area contributed by atoms with Gasteiger partial charge in [-0.05, 0) is 19.6 Å². The van der Waals surface area contributed by atoms with Crippen molar-refractivity contribution in [1.29, 1.82) is 0 Å². The first kappa shape index (κ1) is 16.0. The molecule has 0 aromatic rings. The lowest BCUT2D eigenvalue weighted by Gasteiger charge is -2.10. The molecular formula is C7H20OSi. The van der Waals surface area contributed by atoms with Crippen molar-refractivity contribution in [2.75, 3.05) is 7.11 Å². The van der Waals surface area contributed by atoms with E-state index in [1.54, 1.807) is 7.11 Å². The van der Waals surface area contributed by atoms with Gasteiger partial charge < -0.3 is 4.43 Å². The molecule has 0 aromatic carbocycles. The molecule has 0 unspecified atom stereocenters. The van der Waals surface area contributed by atoms with Gasteiger partial charge in [-0.2, -0.15) is 0 Å². The fourth-order valence-electron chi connectivity index (χ4n) is 0. The van der Waals surface area contributed by atoms with E-state index in [2.05, 4.69) is 32.8 Å². The predicted octanol–water partition coefficient (Wildman–Crippen LogP) is 2.91. The molecule has 9 heavy (non-hydrogen) atoms. The van der Waals surface area contributed by atoms with Crippen molar-refractivity contribution < 1.29 is 4.43 Å². The summed E-state index contributed by atoms with van der Waals surface area (Å²) < 4.78 is 5.08. The average Bonchev–Trinajstić information content (AvgIpc) is 1.71. The van der Waals surface area contributed by atoms with Crippen LogP contribution in [0.3, 0.4) is 0 Å². The van der Waals surface area contributed by atoms with Crippen LogP contribution in [-0.2, 0) is 4.43 Å². The topological polar surface area (TPSA) is 9.23 Å². The first-order valence-electron chi connectivity index (χ1n) is 2.61. The number of rotatable bonds is 1. The van der Waals surface area contributed by atoms with E-state index in [1.165, 1.54) is 0 Å². The van der Waals surface area contributed by atoms with Crippen LogP contribution < -0.4 is 0 Å². The van der Waals surface area contributed by atoms with Crippen LogP contribution in [-0.4, -0.2) is 15.4 Å². The lowest BCUT2D eigenvalue weighted by atomic mass is 11.3. The fraction of sp³-hybridized carbons (Fsp3) is 0.714. The van der Waals surface area contributed by atoms with Gasteiger partial charge in [0.25, 0.3) is 0 Å². The van der Waals surface area contributed by atoms with Crippen molar-refractivity contribution in [1.82, 2.24) is 0 Å². The third-order valence-corrected chi connectivity index (χ3v) is 1.84. The summed E-state index contributed by atoms with van der Waals surface area (Å²) in [7, 11) is 0.639. The third kappa shape index (κ3) is 32.6. The zero-order valence-electron chi connectivity index (χ0n) is 6.32. The molecule has 0 aliphatic heterocycles. The van der Waals surface area contributed by atoms with Gasteiger partial charge in [0, 0.05) is 7.11 Å². The monoisotopic (exact) mass is 148 g/mol. The maximum atomic E-state index is 5.08. The first-order chi connectivity index (χ1) is 3.56. The van der Waals surface area contributed by atoms with E-state index in [0.29, 0.717) is 0 Å². The molecule has 0 aromatic heterocycles. The molecule has 0 aliphatic rings. The summed E-state index contributed by atoms with van der Waals surface area (Å²) >= 11 is 0. The van der Waals surface area contributed by atoms with E-state index < -0.39 is 8.32 Å². The van der Waals surface area contributed by atoms with Crippen molar-refractivity contribution in [2.45, 2.75) is 27.1 Å². The van der Waals surface area contributed by atoms with Crippen LogP contribution in [0.15, 0.2) is 13.2 Å². The van der Waals surface area contributed by atoms with Crippen molar-refractivity contribution in [3.05, 3.63) is 13.2 Å². The summed E-state index contributed by atoms with van der Waals surface area (Å²) in [4.78, 5) is 0. The molecule has 0 radical (unpaired) electrons. The fourth-order valence-corrected chi connectivity index (χ4v) is 0. The minimum Gasteiger partial charge on any atom is -0.421 e. The van der Waals surface area contributed by atoms with Crippen molar-refractivity contribution >= 4 is 8.32 Å². The van der Waals surface area contributed by atoms with Gasteiger partial charge in [-0.1, -0.05) is 7.43 Å². The highest BCUT2D eigenvalue weighted by atomic mass is 28.4. The second kappa shape index (κ2) is 7.92. The molecule has 0 saturated heterocycles. The van der Waals surface area contributed by atoms with Gasteiger partial charge in [0.2, 0.25) is 0 Å². The van der Waals surface area contributed by atoms with Gasteiger partial charge >= 0.3 is 0 Å². The Morgan fingerprint density at radius 3 is 1.22 bits per heavy atom. The van der Waals surface area contributed by atoms with Crippen LogP contribution in [0.5, 0.6) is 0 Å². The van der Waals surface area contributed by atoms with E-state index >= 15 is 0 Å². The molecule has 0 fully saturated rings. The lowest BCUT2D eigenvalue weighted by Crippen LogP contribution is -2.22. The Hall–Kier alpha value is -0.0831. The summed E-state index contributed by atoms with van der Waals surface area (Å²) in [5, 5.41) is 0. The molecule has 0 saturated carbocycles. The summed E-state index contributed by atoms with van der Waals surface area (Å²) in [6, 6.07) is 0. The third-order valence-electron chi connectivity index (χ3n) is 0.612. The second-order valence-electron chi connectivity index (χ2n) is 2.32. The molecule has 2 heteroatoms. The number of hydrogen-bond donors (Lipinski definition) is 0. The first-order valence-corrected chi connectivity index (χ1v) is 6.02. The molecule has 1 nitrogen and oxygen atoms in total. The molecule has 0 atom stereocenters. The Morgan fingerprint density at radius 1 is 1.11 bits per heavy atom. The van der Waals surface area contributed by atoms with Crippen LogP contribution in [0.25, 0.3) is 0 Å². The van der Waals surface area contributed by atoms with E-state index in [1.807, 2.05) is 0 Å². The van der Waals surface area contributed by atoms with Crippen LogP contribution in [0.4, 0.5) is 0 Å². The van der Waals surface area contributed by atoms with Gasteiger partial charge in [-0.3, -0.25) is 0 Å². The minimum atomic E-state index is -1.13. The normalized spacial score (nSPS) is 8.44. The largest absolute Gasteiger partial charge is 0.421 e. The highest BCUT2D eigenvalue weighted by Crippen LogP contribution is 1.97. The molecule has 0 N–H and O–H groups in total. The van der Waals surface area contributed by atoms with Gasteiger partial charge in [-0.15, -0.1) is 13.2 Å². The van der Waals surface area contributed by atoms with Crippen LogP contribution in [0.1, 0.15) is 7.43 Å². The minimum absolute atomic E-state index is 0. The smallest absolute Gasteiger partial charge is 0.183 e. The van der Waals surface area contributed by atoms with E-state index in [4.69, 9.17) is 4.43 Å². The maximum absolute atomic E-state index is 5.08. The highest BCUT2D eigenvalue weighted by Gasteiger charge is 2.09. The molecule has 0 rings (SSSR count).